The number of likely N-dealkylation sites (tertiary alicyclic amines) is 1. The Bertz CT molecular complexity index is 469. The maximum atomic E-state index is 13.5. The average molecular weight is 268 g/mol. The second kappa shape index (κ2) is 5.63. The summed E-state index contributed by atoms with van der Waals surface area (Å²) in [6.45, 7) is 5.54. The van der Waals surface area contributed by atoms with Crippen LogP contribution in [0.5, 0.6) is 0 Å². The molecule has 1 aliphatic heterocycles. The van der Waals surface area contributed by atoms with Gasteiger partial charge in [0, 0.05) is 19.3 Å². The fraction of sp³-hybridized carbons (Fsp3) is 0.571. The number of carbonyl (C=O) groups excluding carboxylic acids is 1. The van der Waals surface area contributed by atoms with E-state index in [0.29, 0.717) is 24.9 Å². The summed E-state index contributed by atoms with van der Waals surface area (Å²) in [4.78, 5) is 16.9. The first-order valence-corrected chi connectivity index (χ1v) is 6.60. The van der Waals surface area contributed by atoms with Crippen LogP contribution < -0.4 is 0 Å². The lowest BCUT2D eigenvalue weighted by atomic mass is 9.86. The molecule has 1 saturated heterocycles. The predicted octanol–water partition coefficient (Wildman–Crippen LogP) is 2.87. The molecule has 1 aliphatic rings. The van der Waals surface area contributed by atoms with Crippen molar-refractivity contribution in [1.82, 2.24) is 9.88 Å². The van der Waals surface area contributed by atoms with Crippen LogP contribution in [0.15, 0.2) is 12.3 Å². The highest BCUT2D eigenvalue weighted by molar-refractivity contribution is 5.94. The van der Waals surface area contributed by atoms with Gasteiger partial charge in [0.1, 0.15) is 0 Å². The van der Waals surface area contributed by atoms with Gasteiger partial charge in [-0.2, -0.15) is 4.39 Å². The largest absolute Gasteiger partial charge is 0.339 e. The number of piperidine rings is 1. The van der Waals surface area contributed by atoms with Crippen molar-refractivity contribution in [2.75, 3.05) is 13.1 Å². The zero-order valence-electron chi connectivity index (χ0n) is 11.2. The molecule has 0 radical (unpaired) electrons. The molecule has 1 fully saturated rings. The van der Waals surface area contributed by atoms with Crippen molar-refractivity contribution in [1.29, 1.82) is 0 Å². The maximum absolute atomic E-state index is 13.5. The molecule has 1 amide bonds. The summed E-state index contributed by atoms with van der Waals surface area (Å²) in [7, 11) is 0. The monoisotopic (exact) mass is 268 g/mol. The third kappa shape index (κ3) is 2.91. The van der Waals surface area contributed by atoms with Crippen LogP contribution in [0.4, 0.5) is 8.78 Å². The van der Waals surface area contributed by atoms with E-state index in [1.807, 2.05) is 0 Å². The lowest BCUT2D eigenvalue weighted by molar-refractivity contribution is 0.0661. The first-order chi connectivity index (χ1) is 9.00. The van der Waals surface area contributed by atoms with Crippen LogP contribution in [-0.2, 0) is 0 Å². The highest BCUT2D eigenvalue weighted by Gasteiger charge is 2.27. The Morgan fingerprint density at radius 1 is 1.37 bits per heavy atom. The summed E-state index contributed by atoms with van der Waals surface area (Å²) in [5, 5.41) is 0. The molecule has 19 heavy (non-hydrogen) atoms. The number of hydrogen-bond donors (Lipinski definition) is 0. The second-order valence-corrected chi connectivity index (χ2v) is 5.34. The number of hydrogen-bond acceptors (Lipinski definition) is 2. The van der Waals surface area contributed by atoms with Crippen molar-refractivity contribution in [3.05, 3.63) is 29.6 Å². The third-order valence-corrected chi connectivity index (χ3v) is 3.85. The molecule has 3 nitrogen and oxygen atoms in total. The molecule has 2 heterocycles. The van der Waals surface area contributed by atoms with Crippen molar-refractivity contribution in [3.63, 3.8) is 0 Å². The quantitative estimate of drug-likeness (QED) is 0.773. The molecule has 0 N–H and O–H groups in total. The third-order valence-electron chi connectivity index (χ3n) is 3.85. The van der Waals surface area contributed by atoms with Crippen LogP contribution in [0.3, 0.4) is 0 Å². The van der Waals surface area contributed by atoms with E-state index in [0.717, 1.165) is 19.0 Å². The topological polar surface area (TPSA) is 33.2 Å². The van der Waals surface area contributed by atoms with Gasteiger partial charge >= 0.3 is 0 Å². The Labute approximate surface area is 111 Å². The van der Waals surface area contributed by atoms with Crippen molar-refractivity contribution in [2.45, 2.75) is 26.7 Å². The summed E-state index contributed by atoms with van der Waals surface area (Å²) in [5.41, 5.74) is -0.226. The van der Waals surface area contributed by atoms with Gasteiger partial charge in [0.25, 0.3) is 5.91 Å². The van der Waals surface area contributed by atoms with Crippen LogP contribution in [0.1, 0.15) is 37.0 Å². The van der Waals surface area contributed by atoms with Gasteiger partial charge in [0.15, 0.2) is 5.82 Å². The van der Waals surface area contributed by atoms with E-state index in [1.165, 1.54) is 6.07 Å². The predicted molar refractivity (Wildman–Crippen MR) is 67.6 cm³/mol. The van der Waals surface area contributed by atoms with Gasteiger partial charge in [0.05, 0.1) is 5.56 Å². The number of halogens is 2. The van der Waals surface area contributed by atoms with Crippen molar-refractivity contribution >= 4 is 5.91 Å². The van der Waals surface area contributed by atoms with Crippen LogP contribution in [0.25, 0.3) is 0 Å². The van der Waals surface area contributed by atoms with Crippen LogP contribution >= 0.6 is 0 Å². The number of pyridine rings is 1. The summed E-state index contributed by atoms with van der Waals surface area (Å²) in [6.07, 6.45) is 2.95. The molecule has 0 spiro atoms. The molecule has 1 aromatic heterocycles. The van der Waals surface area contributed by atoms with Crippen LogP contribution in [0.2, 0.25) is 0 Å². The van der Waals surface area contributed by atoms with E-state index in [2.05, 4.69) is 18.8 Å². The molecule has 0 aliphatic carbocycles. The van der Waals surface area contributed by atoms with Crippen molar-refractivity contribution in [3.8, 4) is 0 Å². The first-order valence-electron chi connectivity index (χ1n) is 6.60. The van der Waals surface area contributed by atoms with Gasteiger partial charge in [-0.25, -0.2) is 9.37 Å². The highest BCUT2D eigenvalue weighted by atomic mass is 19.2. The molecule has 5 heteroatoms. The molecule has 0 unspecified atom stereocenters. The van der Waals surface area contributed by atoms with Gasteiger partial charge in [-0.1, -0.05) is 13.8 Å². The summed E-state index contributed by atoms with van der Waals surface area (Å²) in [6, 6.07) is 1.23. The van der Waals surface area contributed by atoms with E-state index < -0.39 is 17.7 Å². The molecule has 0 atom stereocenters. The first kappa shape index (κ1) is 13.9. The van der Waals surface area contributed by atoms with Gasteiger partial charge in [-0.05, 0) is 30.7 Å². The number of rotatable bonds is 2. The Hall–Kier alpha value is -1.52. The number of amides is 1. The number of aromatic nitrogens is 1. The SMILES string of the molecule is CC(C)C1CCN(C(=O)c2ccnc(F)c2F)CC1. The summed E-state index contributed by atoms with van der Waals surface area (Å²) in [5.74, 6) is -1.63. The Balaban J connectivity index is 2.07. The molecule has 0 bridgehead atoms. The average Bonchev–Trinajstić information content (AvgIpc) is 2.41. The van der Waals surface area contributed by atoms with Gasteiger partial charge in [-0.3, -0.25) is 4.79 Å². The van der Waals surface area contributed by atoms with E-state index in [9.17, 15) is 13.6 Å². The summed E-state index contributed by atoms with van der Waals surface area (Å²) >= 11 is 0. The maximum Gasteiger partial charge on any atom is 0.257 e. The normalized spacial score (nSPS) is 17.0. The molecule has 0 aromatic carbocycles. The number of carbonyl (C=O) groups is 1. The summed E-state index contributed by atoms with van der Waals surface area (Å²) < 4.78 is 26.5. The highest BCUT2D eigenvalue weighted by Crippen LogP contribution is 2.25. The van der Waals surface area contributed by atoms with E-state index in [4.69, 9.17) is 0 Å². The van der Waals surface area contributed by atoms with Crippen LogP contribution in [0, 0.1) is 23.6 Å². The Morgan fingerprint density at radius 2 is 2.00 bits per heavy atom. The molecule has 1 aromatic rings. The van der Waals surface area contributed by atoms with Crippen LogP contribution in [-0.4, -0.2) is 28.9 Å². The number of nitrogens with zero attached hydrogens (tertiary/aromatic N) is 2. The lowest BCUT2D eigenvalue weighted by Gasteiger charge is -2.33. The molecule has 104 valence electrons. The lowest BCUT2D eigenvalue weighted by Crippen LogP contribution is -2.40. The van der Waals surface area contributed by atoms with Gasteiger partial charge in [0.2, 0.25) is 5.95 Å². The zero-order chi connectivity index (χ0) is 14.0. The van der Waals surface area contributed by atoms with Gasteiger partial charge in [-0.15, -0.1) is 0 Å². The standard InChI is InChI=1S/C14H18F2N2O/c1-9(2)10-4-7-18(8-5-10)14(19)11-3-6-17-13(16)12(11)15/h3,6,9-10H,4-5,7-8H2,1-2H3. The molecule has 0 saturated carbocycles. The molecular weight excluding hydrogens is 250 g/mol. The minimum Gasteiger partial charge on any atom is -0.339 e. The zero-order valence-corrected chi connectivity index (χ0v) is 11.2. The van der Waals surface area contributed by atoms with E-state index in [1.54, 1.807) is 4.90 Å². The molecular formula is C14H18F2N2O. The van der Waals surface area contributed by atoms with E-state index in [-0.39, 0.29) is 5.56 Å². The second-order valence-electron chi connectivity index (χ2n) is 5.34. The Kier molecular flexibility index (Phi) is 4.12. The van der Waals surface area contributed by atoms with Crippen molar-refractivity contribution < 1.29 is 13.6 Å². The van der Waals surface area contributed by atoms with Crippen molar-refractivity contribution in [2.24, 2.45) is 11.8 Å². The smallest absolute Gasteiger partial charge is 0.257 e. The fourth-order valence-corrected chi connectivity index (χ4v) is 2.52. The fourth-order valence-electron chi connectivity index (χ4n) is 2.52. The van der Waals surface area contributed by atoms with Gasteiger partial charge < -0.3 is 4.90 Å². The van der Waals surface area contributed by atoms with E-state index >= 15 is 0 Å². The molecule has 2 rings (SSSR count). The minimum absolute atomic E-state index is 0.226. The Morgan fingerprint density at radius 3 is 2.58 bits per heavy atom. The minimum atomic E-state index is -1.22.